The highest BCUT2D eigenvalue weighted by Crippen LogP contribution is 2.26. The molecule has 0 saturated heterocycles. The van der Waals surface area contributed by atoms with Crippen LogP contribution in [0, 0.1) is 5.82 Å². The maximum Gasteiger partial charge on any atom is 0.124 e. The molecule has 0 amide bonds. The van der Waals surface area contributed by atoms with Gasteiger partial charge in [-0.25, -0.2) is 4.39 Å². The Balaban J connectivity index is 2.66. The number of benzene rings is 1. The van der Waals surface area contributed by atoms with Crippen molar-refractivity contribution in [3.8, 4) is 5.75 Å². The van der Waals surface area contributed by atoms with E-state index < -0.39 is 6.10 Å². The molecule has 0 bridgehead atoms. The predicted octanol–water partition coefficient (Wildman–Crippen LogP) is 1.88. The molecule has 0 heterocycles. The third kappa shape index (κ3) is 5.14. The van der Waals surface area contributed by atoms with E-state index in [1.807, 2.05) is 13.8 Å². The molecule has 1 rings (SSSR count). The van der Waals surface area contributed by atoms with E-state index in [1.165, 1.54) is 12.1 Å². The van der Waals surface area contributed by atoms with Gasteiger partial charge in [-0.3, -0.25) is 0 Å². The van der Waals surface area contributed by atoms with Crippen LogP contribution < -0.4 is 10.1 Å². The Labute approximate surface area is 113 Å². The summed E-state index contributed by atoms with van der Waals surface area (Å²) >= 11 is 0. The monoisotopic (exact) mass is 271 g/mol. The first-order chi connectivity index (χ1) is 9.08. The van der Waals surface area contributed by atoms with Gasteiger partial charge in [0.05, 0.1) is 6.61 Å². The van der Waals surface area contributed by atoms with Crippen molar-refractivity contribution in [1.29, 1.82) is 0 Å². The summed E-state index contributed by atoms with van der Waals surface area (Å²) in [6, 6.07) is 4.32. The Morgan fingerprint density at radius 2 is 2.11 bits per heavy atom. The molecule has 1 aromatic rings. The van der Waals surface area contributed by atoms with E-state index in [9.17, 15) is 9.50 Å². The summed E-state index contributed by atoms with van der Waals surface area (Å²) in [5, 5.41) is 12.7. The zero-order chi connectivity index (χ0) is 14.3. The maximum atomic E-state index is 13.3. The van der Waals surface area contributed by atoms with Gasteiger partial charge in [0, 0.05) is 18.2 Å². The lowest BCUT2D eigenvalue weighted by Gasteiger charge is -2.18. The lowest BCUT2D eigenvalue weighted by molar-refractivity contribution is 0.0161. The fourth-order valence-electron chi connectivity index (χ4n) is 1.63. The lowest BCUT2D eigenvalue weighted by Crippen LogP contribution is -2.24. The zero-order valence-electron chi connectivity index (χ0n) is 11.6. The fraction of sp³-hybridized carbons (Fsp3) is 0.571. The summed E-state index contributed by atoms with van der Waals surface area (Å²) in [5.41, 5.74) is 0.728. The topological polar surface area (TPSA) is 50.7 Å². The average Bonchev–Trinajstić information content (AvgIpc) is 2.42. The zero-order valence-corrected chi connectivity index (χ0v) is 11.6. The molecule has 2 unspecified atom stereocenters. The molecule has 4 nitrogen and oxygen atoms in total. The Hall–Kier alpha value is -1.17. The average molecular weight is 271 g/mol. The lowest BCUT2D eigenvalue weighted by atomic mass is 10.1. The highest BCUT2D eigenvalue weighted by Gasteiger charge is 2.13. The largest absolute Gasteiger partial charge is 0.490 e. The van der Waals surface area contributed by atoms with Crippen LogP contribution in [-0.2, 0) is 4.74 Å². The van der Waals surface area contributed by atoms with Gasteiger partial charge in [0.2, 0.25) is 0 Å². The second-order valence-corrected chi connectivity index (χ2v) is 4.32. The standard InChI is InChI=1S/C14H22FNO3/c1-4-18-8-12(17)9-19-14-6-5-11(15)7-13(14)10(2)16-3/h5-7,10,12,16-17H,4,8-9H2,1-3H3. The first-order valence-electron chi connectivity index (χ1n) is 6.43. The third-order valence-electron chi connectivity index (χ3n) is 2.82. The van der Waals surface area contributed by atoms with E-state index in [0.717, 1.165) is 5.56 Å². The molecule has 0 spiro atoms. The maximum absolute atomic E-state index is 13.3. The molecule has 0 aromatic heterocycles. The summed E-state index contributed by atoms with van der Waals surface area (Å²) in [7, 11) is 1.79. The number of hydrogen-bond donors (Lipinski definition) is 2. The van der Waals surface area contributed by atoms with Crippen molar-refractivity contribution in [2.45, 2.75) is 26.0 Å². The second-order valence-electron chi connectivity index (χ2n) is 4.32. The molecule has 0 aliphatic rings. The summed E-state index contributed by atoms with van der Waals surface area (Å²) in [4.78, 5) is 0. The molecule has 0 aliphatic heterocycles. The van der Waals surface area contributed by atoms with Crippen LogP contribution in [0.15, 0.2) is 18.2 Å². The van der Waals surface area contributed by atoms with Crippen LogP contribution in [-0.4, -0.2) is 38.1 Å². The first kappa shape index (κ1) is 15.9. The molecule has 108 valence electrons. The number of hydrogen-bond acceptors (Lipinski definition) is 4. The summed E-state index contributed by atoms with van der Waals surface area (Å²) in [6.07, 6.45) is -0.692. The molecule has 2 atom stereocenters. The van der Waals surface area contributed by atoms with Gasteiger partial charge in [0.1, 0.15) is 24.3 Å². The molecule has 0 aliphatic carbocycles. The van der Waals surface area contributed by atoms with Crippen LogP contribution in [0.3, 0.4) is 0 Å². The molecule has 0 saturated carbocycles. The number of nitrogens with one attached hydrogen (secondary N) is 1. The molecule has 0 fully saturated rings. The van der Waals surface area contributed by atoms with Gasteiger partial charge >= 0.3 is 0 Å². The van der Waals surface area contributed by atoms with E-state index >= 15 is 0 Å². The van der Waals surface area contributed by atoms with E-state index in [0.29, 0.717) is 12.4 Å². The van der Waals surface area contributed by atoms with Crippen molar-refractivity contribution in [2.24, 2.45) is 0 Å². The third-order valence-corrected chi connectivity index (χ3v) is 2.82. The Morgan fingerprint density at radius 3 is 2.74 bits per heavy atom. The van der Waals surface area contributed by atoms with Crippen molar-refractivity contribution in [3.63, 3.8) is 0 Å². The van der Waals surface area contributed by atoms with Crippen LogP contribution in [0.2, 0.25) is 0 Å². The predicted molar refractivity (Wildman–Crippen MR) is 71.9 cm³/mol. The van der Waals surface area contributed by atoms with Gasteiger partial charge in [-0.1, -0.05) is 0 Å². The van der Waals surface area contributed by atoms with E-state index in [4.69, 9.17) is 9.47 Å². The Bertz CT molecular complexity index is 387. The minimum atomic E-state index is -0.692. The normalized spacial score (nSPS) is 14.2. The Morgan fingerprint density at radius 1 is 1.37 bits per heavy atom. The van der Waals surface area contributed by atoms with Crippen molar-refractivity contribution in [2.75, 3.05) is 26.9 Å². The molecular formula is C14H22FNO3. The number of ether oxygens (including phenoxy) is 2. The van der Waals surface area contributed by atoms with Crippen molar-refractivity contribution in [1.82, 2.24) is 5.32 Å². The summed E-state index contributed by atoms with van der Waals surface area (Å²) in [6.45, 7) is 4.68. The van der Waals surface area contributed by atoms with E-state index in [2.05, 4.69) is 5.32 Å². The molecule has 19 heavy (non-hydrogen) atoms. The highest BCUT2D eigenvalue weighted by molar-refractivity contribution is 5.36. The number of halogens is 1. The first-order valence-corrected chi connectivity index (χ1v) is 6.43. The van der Waals surface area contributed by atoms with Crippen molar-refractivity contribution < 1.29 is 19.0 Å². The van der Waals surface area contributed by atoms with Gasteiger partial charge < -0.3 is 19.9 Å². The van der Waals surface area contributed by atoms with Crippen LogP contribution in [0.4, 0.5) is 4.39 Å². The van der Waals surface area contributed by atoms with Crippen LogP contribution in [0.5, 0.6) is 5.75 Å². The van der Waals surface area contributed by atoms with Gasteiger partial charge in [0.15, 0.2) is 0 Å². The van der Waals surface area contributed by atoms with Gasteiger partial charge in [0.25, 0.3) is 0 Å². The minimum absolute atomic E-state index is 0.0327. The smallest absolute Gasteiger partial charge is 0.124 e. The molecular weight excluding hydrogens is 249 g/mol. The van der Waals surface area contributed by atoms with Crippen LogP contribution >= 0.6 is 0 Å². The van der Waals surface area contributed by atoms with Crippen molar-refractivity contribution in [3.05, 3.63) is 29.6 Å². The van der Waals surface area contributed by atoms with E-state index in [1.54, 1.807) is 13.1 Å². The number of aliphatic hydroxyl groups excluding tert-OH is 1. The highest BCUT2D eigenvalue weighted by atomic mass is 19.1. The number of aliphatic hydroxyl groups is 1. The molecule has 0 radical (unpaired) electrons. The minimum Gasteiger partial charge on any atom is -0.490 e. The summed E-state index contributed by atoms with van der Waals surface area (Å²) < 4.78 is 23.9. The Kier molecular flexibility index (Phi) is 6.77. The van der Waals surface area contributed by atoms with Gasteiger partial charge in [-0.15, -0.1) is 0 Å². The van der Waals surface area contributed by atoms with Crippen LogP contribution in [0.1, 0.15) is 25.5 Å². The summed E-state index contributed by atoms with van der Waals surface area (Å²) in [5.74, 6) is 0.262. The molecule has 1 aromatic carbocycles. The molecule has 5 heteroatoms. The fourth-order valence-corrected chi connectivity index (χ4v) is 1.63. The second kappa shape index (κ2) is 8.09. The van der Waals surface area contributed by atoms with Gasteiger partial charge in [-0.2, -0.15) is 0 Å². The van der Waals surface area contributed by atoms with Gasteiger partial charge in [-0.05, 0) is 39.1 Å². The molecule has 2 N–H and O–H groups in total. The number of rotatable bonds is 8. The SMILES string of the molecule is CCOCC(O)COc1ccc(F)cc1C(C)NC. The van der Waals surface area contributed by atoms with Crippen LogP contribution in [0.25, 0.3) is 0 Å². The van der Waals surface area contributed by atoms with E-state index in [-0.39, 0.29) is 25.1 Å². The quantitative estimate of drug-likeness (QED) is 0.758. The van der Waals surface area contributed by atoms with Crippen molar-refractivity contribution >= 4 is 0 Å².